The van der Waals surface area contributed by atoms with Gasteiger partial charge in [0, 0.05) is 18.8 Å². The van der Waals surface area contributed by atoms with Crippen molar-refractivity contribution in [2.75, 3.05) is 31.6 Å². The standard InChI is InChI=1S/C21H21N3O6S/c1-15(30-21(26)17-4-2-16(14-22)3-5-17)20(25)23-18-6-8-19(9-7-18)31(27,28)24-10-12-29-13-11-24/h2-9,15H,10-13H2,1H3,(H,23,25)/t15-/m0/s1. The number of nitrogens with zero attached hydrogens (tertiary/aromatic N) is 2. The van der Waals surface area contributed by atoms with Crippen molar-refractivity contribution in [1.29, 1.82) is 5.26 Å². The molecule has 0 unspecified atom stereocenters. The average Bonchev–Trinajstić information content (AvgIpc) is 2.80. The molecule has 0 aliphatic carbocycles. The Morgan fingerprint density at radius 3 is 2.29 bits per heavy atom. The number of hydrogen-bond acceptors (Lipinski definition) is 7. The Kier molecular flexibility index (Phi) is 7.02. The van der Waals surface area contributed by atoms with Crippen molar-refractivity contribution in [3.05, 3.63) is 59.7 Å². The molecule has 0 saturated carbocycles. The predicted octanol–water partition coefficient (Wildman–Crippen LogP) is 1.76. The van der Waals surface area contributed by atoms with Gasteiger partial charge in [0.15, 0.2) is 6.10 Å². The molecule has 0 spiro atoms. The summed E-state index contributed by atoms with van der Waals surface area (Å²) >= 11 is 0. The first-order valence-electron chi connectivity index (χ1n) is 9.51. The van der Waals surface area contributed by atoms with E-state index >= 15 is 0 Å². The van der Waals surface area contributed by atoms with Crippen LogP contribution in [0.25, 0.3) is 0 Å². The summed E-state index contributed by atoms with van der Waals surface area (Å²) < 4.78 is 37.0. The Bertz CT molecular complexity index is 1090. The van der Waals surface area contributed by atoms with E-state index in [-0.39, 0.29) is 10.5 Å². The number of benzene rings is 2. The van der Waals surface area contributed by atoms with Gasteiger partial charge in [0.2, 0.25) is 10.0 Å². The lowest BCUT2D eigenvalue weighted by Crippen LogP contribution is -2.40. The zero-order chi connectivity index (χ0) is 22.4. The maximum atomic E-state index is 12.6. The van der Waals surface area contributed by atoms with E-state index in [0.29, 0.717) is 37.6 Å². The lowest BCUT2D eigenvalue weighted by Gasteiger charge is -2.26. The van der Waals surface area contributed by atoms with Crippen LogP contribution in [0.2, 0.25) is 0 Å². The number of hydrogen-bond donors (Lipinski definition) is 1. The second-order valence-corrected chi connectivity index (χ2v) is 8.70. The summed E-state index contributed by atoms with van der Waals surface area (Å²) in [5, 5.41) is 11.4. The molecule has 0 radical (unpaired) electrons. The van der Waals surface area contributed by atoms with Gasteiger partial charge in [-0.3, -0.25) is 4.79 Å². The number of nitriles is 1. The van der Waals surface area contributed by atoms with Crippen LogP contribution in [-0.2, 0) is 24.3 Å². The molecule has 1 N–H and O–H groups in total. The Morgan fingerprint density at radius 1 is 1.10 bits per heavy atom. The van der Waals surface area contributed by atoms with Crippen LogP contribution in [0.3, 0.4) is 0 Å². The molecule has 1 saturated heterocycles. The van der Waals surface area contributed by atoms with E-state index in [2.05, 4.69) is 5.32 Å². The lowest BCUT2D eigenvalue weighted by molar-refractivity contribution is -0.123. The van der Waals surface area contributed by atoms with Crippen molar-refractivity contribution in [2.45, 2.75) is 17.9 Å². The van der Waals surface area contributed by atoms with Crippen molar-refractivity contribution in [1.82, 2.24) is 4.31 Å². The number of rotatable bonds is 6. The van der Waals surface area contributed by atoms with Gasteiger partial charge >= 0.3 is 5.97 Å². The van der Waals surface area contributed by atoms with Crippen LogP contribution >= 0.6 is 0 Å². The van der Waals surface area contributed by atoms with E-state index < -0.39 is 28.0 Å². The zero-order valence-corrected chi connectivity index (χ0v) is 17.6. The highest BCUT2D eigenvalue weighted by Crippen LogP contribution is 2.19. The molecule has 10 heteroatoms. The molecule has 1 heterocycles. The minimum Gasteiger partial charge on any atom is -0.449 e. The number of carbonyl (C=O) groups is 2. The van der Waals surface area contributed by atoms with Gasteiger partial charge in [-0.05, 0) is 55.5 Å². The molecular formula is C21H21N3O6S. The highest BCUT2D eigenvalue weighted by atomic mass is 32.2. The van der Waals surface area contributed by atoms with E-state index in [1.54, 1.807) is 0 Å². The number of morpholine rings is 1. The SMILES string of the molecule is C[C@H](OC(=O)c1ccc(C#N)cc1)C(=O)Nc1ccc(S(=O)(=O)N2CCOCC2)cc1. The normalized spacial score (nSPS) is 15.5. The largest absolute Gasteiger partial charge is 0.449 e. The Morgan fingerprint density at radius 2 is 1.71 bits per heavy atom. The fraction of sp³-hybridized carbons (Fsp3) is 0.286. The summed E-state index contributed by atoms with van der Waals surface area (Å²) in [6, 6.07) is 13.6. The topological polar surface area (TPSA) is 126 Å². The summed E-state index contributed by atoms with van der Waals surface area (Å²) in [6.45, 7) is 2.72. The quantitative estimate of drug-likeness (QED) is 0.674. The Hall–Kier alpha value is -3.26. The van der Waals surface area contributed by atoms with Gasteiger partial charge in [0.1, 0.15) is 0 Å². The van der Waals surface area contributed by atoms with Gasteiger partial charge in [0.05, 0.1) is 35.3 Å². The second kappa shape index (κ2) is 9.70. The van der Waals surface area contributed by atoms with Gasteiger partial charge in [0.25, 0.3) is 5.91 Å². The number of nitrogens with one attached hydrogen (secondary N) is 1. The molecule has 2 aromatic carbocycles. The van der Waals surface area contributed by atoms with Crippen LogP contribution in [0.15, 0.2) is 53.4 Å². The van der Waals surface area contributed by atoms with Crippen molar-refractivity contribution in [3.8, 4) is 6.07 Å². The van der Waals surface area contributed by atoms with Gasteiger partial charge in [-0.2, -0.15) is 9.57 Å². The van der Waals surface area contributed by atoms with E-state index in [1.165, 1.54) is 59.8 Å². The number of amides is 1. The molecule has 31 heavy (non-hydrogen) atoms. The van der Waals surface area contributed by atoms with E-state index in [4.69, 9.17) is 14.7 Å². The molecule has 162 valence electrons. The number of anilines is 1. The van der Waals surface area contributed by atoms with Crippen molar-refractivity contribution >= 4 is 27.6 Å². The fourth-order valence-electron chi connectivity index (χ4n) is 2.85. The molecular weight excluding hydrogens is 422 g/mol. The molecule has 2 aromatic rings. The maximum absolute atomic E-state index is 12.6. The molecule has 0 aromatic heterocycles. The Balaban J connectivity index is 1.59. The summed E-state index contributed by atoms with van der Waals surface area (Å²) in [7, 11) is -3.62. The van der Waals surface area contributed by atoms with Crippen molar-refractivity contribution < 1.29 is 27.5 Å². The van der Waals surface area contributed by atoms with Crippen molar-refractivity contribution in [3.63, 3.8) is 0 Å². The molecule has 1 atom stereocenters. The number of carbonyl (C=O) groups excluding carboxylic acids is 2. The summed E-state index contributed by atoms with van der Waals surface area (Å²) in [4.78, 5) is 24.6. The summed E-state index contributed by atoms with van der Waals surface area (Å²) in [6.07, 6.45) is -1.08. The first kappa shape index (κ1) is 22.4. The third kappa shape index (κ3) is 5.46. The first-order valence-corrected chi connectivity index (χ1v) is 11.0. The van der Waals surface area contributed by atoms with Crippen LogP contribution in [0.4, 0.5) is 5.69 Å². The smallest absolute Gasteiger partial charge is 0.338 e. The molecule has 1 aliphatic rings. The second-order valence-electron chi connectivity index (χ2n) is 6.77. The monoisotopic (exact) mass is 443 g/mol. The van der Waals surface area contributed by atoms with Gasteiger partial charge in [-0.15, -0.1) is 0 Å². The molecule has 0 bridgehead atoms. The van der Waals surface area contributed by atoms with Crippen LogP contribution < -0.4 is 5.32 Å². The van der Waals surface area contributed by atoms with Gasteiger partial charge < -0.3 is 14.8 Å². The highest BCUT2D eigenvalue weighted by Gasteiger charge is 2.26. The van der Waals surface area contributed by atoms with Crippen LogP contribution in [0.5, 0.6) is 0 Å². The fourth-order valence-corrected chi connectivity index (χ4v) is 4.26. The van der Waals surface area contributed by atoms with E-state index in [1.807, 2.05) is 6.07 Å². The van der Waals surface area contributed by atoms with Gasteiger partial charge in [-0.1, -0.05) is 0 Å². The number of sulfonamides is 1. The Labute approximate surface area is 180 Å². The van der Waals surface area contributed by atoms with Crippen LogP contribution in [-0.4, -0.2) is 57.0 Å². The molecule has 3 rings (SSSR count). The lowest BCUT2D eigenvalue weighted by atomic mass is 10.1. The average molecular weight is 443 g/mol. The zero-order valence-electron chi connectivity index (χ0n) is 16.8. The predicted molar refractivity (Wildman–Crippen MR) is 111 cm³/mol. The van der Waals surface area contributed by atoms with Gasteiger partial charge in [-0.25, -0.2) is 13.2 Å². The minimum atomic E-state index is -3.62. The van der Waals surface area contributed by atoms with E-state index in [9.17, 15) is 18.0 Å². The molecule has 1 amide bonds. The molecule has 9 nitrogen and oxygen atoms in total. The van der Waals surface area contributed by atoms with Crippen molar-refractivity contribution in [2.24, 2.45) is 0 Å². The first-order chi connectivity index (χ1) is 14.8. The summed E-state index contributed by atoms with van der Waals surface area (Å²) in [5.41, 5.74) is 0.991. The number of esters is 1. The highest BCUT2D eigenvalue weighted by molar-refractivity contribution is 7.89. The third-order valence-electron chi connectivity index (χ3n) is 4.63. The molecule has 1 fully saturated rings. The molecule has 1 aliphatic heterocycles. The van der Waals surface area contributed by atoms with E-state index in [0.717, 1.165) is 0 Å². The maximum Gasteiger partial charge on any atom is 0.338 e. The van der Waals surface area contributed by atoms with Crippen LogP contribution in [0.1, 0.15) is 22.8 Å². The minimum absolute atomic E-state index is 0.118. The third-order valence-corrected chi connectivity index (χ3v) is 6.55. The number of ether oxygens (including phenoxy) is 2. The van der Waals surface area contributed by atoms with Crippen LogP contribution in [0, 0.1) is 11.3 Å². The summed E-state index contributed by atoms with van der Waals surface area (Å²) in [5.74, 6) is -1.26.